The van der Waals surface area contributed by atoms with Crippen LogP contribution in [-0.2, 0) is 22.8 Å². The first-order chi connectivity index (χ1) is 8.92. The number of nitrogens with zero attached hydrogens (tertiary/aromatic N) is 3. The van der Waals surface area contributed by atoms with Crippen LogP contribution in [0.15, 0.2) is 12.3 Å². The summed E-state index contributed by atoms with van der Waals surface area (Å²) >= 11 is 5.77. The SMILES string of the molecule is Cc1ccnc2c1nc(CCCl)n2CCS(C)(=O)=O. The first kappa shape index (κ1) is 14.3. The molecule has 0 amide bonds. The zero-order valence-electron chi connectivity index (χ0n) is 10.9. The molecule has 0 fully saturated rings. The van der Waals surface area contributed by atoms with Crippen molar-refractivity contribution in [1.82, 2.24) is 14.5 Å². The smallest absolute Gasteiger partial charge is 0.160 e. The van der Waals surface area contributed by atoms with E-state index in [9.17, 15) is 8.42 Å². The van der Waals surface area contributed by atoms with E-state index in [-0.39, 0.29) is 5.75 Å². The van der Waals surface area contributed by atoms with Crippen LogP contribution in [0, 0.1) is 6.92 Å². The summed E-state index contributed by atoms with van der Waals surface area (Å²) in [4.78, 5) is 8.83. The lowest BCUT2D eigenvalue weighted by molar-refractivity contribution is 0.593. The van der Waals surface area contributed by atoms with Gasteiger partial charge >= 0.3 is 0 Å². The van der Waals surface area contributed by atoms with Gasteiger partial charge in [-0.2, -0.15) is 0 Å². The highest BCUT2D eigenvalue weighted by Crippen LogP contribution is 2.18. The lowest BCUT2D eigenvalue weighted by atomic mass is 10.3. The summed E-state index contributed by atoms with van der Waals surface area (Å²) < 4.78 is 24.5. The van der Waals surface area contributed by atoms with Crippen molar-refractivity contribution >= 4 is 32.6 Å². The number of fused-ring (bicyclic) bond motifs is 1. The van der Waals surface area contributed by atoms with Crippen molar-refractivity contribution in [2.75, 3.05) is 17.9 Å². The monoisotopic (exact) mass is 301 g/mol. The summed E-state index contributed by atoms with van der Waals surface area (Å²) in [6.07, 6.45) is 3.54. The van der Waals surface area contributed by atoms with E-state index in [2.05, 4.69) is 9.97 Å². The van der Waals surface area contributed by atoms with Crippen molar-refractivity contribution in [2.45, 2.75) is 19.9 Å². The topological polar surface area (TPSA) is 64.8 Å². The Hall–Kier alpha value is -1.14. The zero-order chi connectivity index (χ0) is 14.0. The van der Waals surface area contributed by atoms with Crippen LogP contribution in [0.3, 0.4) is 0 Å². The van der Waals surface area contributed by atoms with Crippen LogP contribution in [-0.4, -0.2) is 40.8 Å². The first-order valence-corrected chi connectivity index (χ1v) is 8.56. The fraction of sp³-hybridized carbons (Fsp3) is 0.500. The molecular formula is C12H16ClN3O2S. The summed E-state index contributed by atoms with van der Waals surface area (Å²) in [6.45, 7) is 2.32. The molecule has 0 bridgehead atoms. The molecular weight excluding hydrogens is 286 g/mol. The number of pyridine rings is 1. The highest BCUT2D eigenvalue weighted by molar-refractivity contribution is 7.90. The number of aromatic nitrogens is 3. The quantitative estimate of drug-likeness (QED) is 0.786. The van der Waals surface area contributed by atoms with Crippen LogP contribution in [0.4, 0.5) is 0 Å². The minimum absolute atomic E-state index is 0.0728. The van der Waals surface area contributed by atoms with Gasteiger partial charge in [0.15, 0.2) is 5.65 Å². The van der Waals surface area contributed by atoms with Gasteiger partial charge < -0.3 is 4.57 Å². The van der Waals surface area contributed by atoms with Gasteiger partial charge in [-0.25, -0.2) is 18.4 Å². The lowest BCUT2D eigenvalue weighted by Crippen LogP contribution is -2.14. The van der Waals surface area contributed by atoms with Gasteiger partial charge in [0, 0.05) is 31.3 Å². The standard InChI is InChI=1S/C12H16ClN3O2S/c1-9-4-6-14-12-11(9)15-10(3-5-13)16(12)7-8-19(2,17)18/h4,6H,3,5,7-8H2,1-2H3. The molecule has 0 saturated carbocycles. The van der Waals surface area contributed by atoms with E-state index in [0.717, 1.165) is 22.6 Å². The summed E-state index contributed by atoms with van der Waals surface area (Å²) in [7, 11) is -3.02. The zero-order valence-corrected chi connectivity index (χ0v) is 12.5. The Morgan fingerprint density at radius 2 is 2.16 bits per heavy atom. The van der Waals surface area contributed by atoms with Crippen molar-refractivity contribution in [3.05, 3.63) is 23.7 Å². The molecule has 0 aliphatic rings. The van der Waals surface area contributed by atoms with Crippen molar-refractivity contribution < 1.29 is 8.42 Å². The average molecular weight is 302 g/mol. The molecule has 0 aliphatic heterocycles. The number of hydrogen-bond donors (Lipinski definition) is 0. The molecule has 5 nitrogen and oxygen atoms in total. The normalized spacial score (nSPS) is 12.2. The summed E-state index contributed by atoms with van der Waals surface area (Å²) in [5.74, 6) is 1.31. The predicted octanol–water partition coefficient (Wildman–Crippen LogP) is 1.57. The molecule has 0 radical (unpaired) electrons. The number of sulfone groups is 1. The number of alkyl halides is 1. The Bertz CT molecular complexity index is 694. The summed E-state index contributed by atoms with van der Waals surface area (Å²) in [6, 6.07) is 1.89. The van der Waals surface area contributed by atoms with Crippen molar-refractivity contribution in [3.8, 4) is 0 Å². The third-order valence-electron chi connectivity index (χ3n) is 2.92. The van der Waals surface area contributed by atoms with Crippen molar-refractivity contribution in [1.29, 1.82) is 0 Å². The van der Waals surface area contributed by atoms with Gasteiger partial charge in [-0.05, 0) is 18.6 Å². The Labute approximate surface area is 117 Å². The molecule has 2 rings (SSSR count). The van der Waals surface area contributed by atoms with Gasteiger partial charge in [0.1, 0.15) is 21.2 Å². The minimum atomic E-state index is -3.02. The molecule has 0 N–H and O–H groups in total. The molecule has 0 saturated heterocycles. The Balaban J connectivity index is 2.49. The lowest BCUT2D eigenvalue weighted by Gasteiger charge is -2.06. The summed E-state index contributed by atoms with van der Waals surface area (Å²) in [5.41, 5.74) is 2.57. The average Bonchev–Trinajstić information content (AvgIpc) is 2.66. The van der Waals surface area contributed by atoms with Crippen LogP contribution < -0.4 is 0 Å². The fourth-order valence-corrected chi connectivity index (χ4v) is 2.63. The van der Waals surface area contributed by atoms with Crippen molar-refractivity contribution in [3.63, 3.8) is 0 Å². The second-order valence-corrected chi connectivity index (χ2v) is 7.19. The van der Waals surface area contributed by atoms with Crippen LogP contribution in [0.5, 0.6) is 0 Å². The van der Waals surface area contributed by atoms with Gasteiger partial charge in [-0.15, -0.1) is 11.6 Å². The number of rotatable bonds is 5. The maximum Gasteiger partial charge on any atom is 0.160 e. The van der Waals surface area contributed by atoms with Crippen LogP contribution >= 0.6 is 11.6 Å². The van der Waals surface area contributed by atoms with E-state index in [0.29, 0.717) is 18.8 Å². The Kier molecular flexibility index (Phi) is 4.10. The van der Waals surface area contributed by atoms with Gasteiger partial charge in [0.05, 0.1) is 5.75 Å². The number of imidazole rings is 1. The third kappa shape index (κ3) is 3.25. The van der Waals surface area contributed by atoms with E-state index >= 15 is 0 Å². The largest absolute Gasteiger partial charge is 0.312 e. The highest BCUT2D eigenvalue weighted by Gasteiger charge is 2.14. The summed E-state index contributed by atoms with van der Waals surface area (Å²) in [5, 5.41) is 0. The second-order valence-electron chi connectivity index (χ2n) is 4.55. The fourth-order valence-electron chi connectivity index (χ4n) is 1.95. The highest BCUT2D eigenvalue weighted by atomic mass is 35.5. The van der Waals surface area contributed by atoms with E-state index < -0.39 is 9.84 Å². The van der Waals surface area contributed by atoms with Crippen molar-refractivity contribution in [2.24, 2.45) is 0 Å². The van der Waals surface area contributed by atoms with Crippen LogP contribution in [0.2, 0.25) is 0 Å². The molecule has 0 atom stereocenters. The second kappa shape index (κ2) is 5.46. The molecule has 0 unspecified atom stereocenters. The van der Waals surface area contributed by atoms with Gasteiger partial charge in [-0.1, -0.05) is 0 Å². The first-order valence-electron chi connectivity index (χ1n) is 5.97. The van der Waals surface area contributed by atoms with Gasteiger partial charge in [-0.3, -0.25) is 0 Å². The third-order valence-corrected chi connectivity index (χ3v) is 4.03. The molecule has 2 heterocycles. The number of hydrogen-bond acceptors (Lipinski definition) is 4. The molecule has 104 valence electrons. The molecule has 0 spiro atoms. The molecule has 2 aromatic heterocycles. The molecule has 0 aliphatic carbocycles. The van der Waals surface area contributed by atoms with E-state index in [1.807, 2.05) is 17.6 Å². The predicted molar refractivity (Wildman–Crippen MR) is 76.4 cm³/mol. The molecule has 19 heavy (non-hydrogen) atoms. The van der Waals surface area contributed by atoms with Gasteiger partial charge in [0.25, 0.3) is 0 Å². The van der Waals surface area contributed by atoms with E-state index in [4.69, 9.17) is 11.6 Å². The van der Waals surface area contributed by atoms with Gasteiger partial charge in [0.2, 0.25) is 0 Å². The van der Waals surface area contributed by atoms with Crippen LogP contribution in [0.1, 0.15) is 11.4 Å². The number of aryl methyl sites for hydroxylation is 3. The molecule has 7 heteroatoms. The Morgan fingerprint density at radius 1 is 1.42 bits per heavy atom. The van der Waals surface area contributed by atoms with E-state index in [1.165, 1.54) is 6.26 Å². The maximum atomic E-state index is 11.3. The molecule has 0 aromatic carbocycles. The molecule has 2 aromatic rings. The Morgan fingerprint density at radius 3 is 2.79 bits per heavy atom. The minimum Gasteiger partial charge on any atom is -0.312 e. The number of halogens is 1. The van der Waals surface area contributed by atoms with Crippen LogP contribution in [0.25, 0.3) is 11.2 Å². The van der Waals surface area contributed by atoms with E-state index in [1.54, 1.807) is 6.20 Å². The maximum absolute atomic E-state index is 11.3.